The van der Waals surface area contributed by atoms with Crippen LogP contribution in [0.15, 0.2) is 12.1 Å². The van der Waals surface area contributed by atoms with Crippen LogP contribution < -0.4 is 10.2 Å². The molecule has 2 rings (SSSR count). The molecule has 7 nitrogen and oxygen atoms in total. The molecular formula is C14H22N4O3. The fraction of sp³-hybridized carbons (Fsp3) is 0.643. The number of nitrogens with zero attached hydrogens (tertiary/aromatic N) is 3. The Kier molecular flexibility index (Phi) is 5.32. The Labute approximate surface area is 124 Å². The largest absolute Gasteiger partial charge is 0.375 e. The predicted molar refractivity (Wildman–Crippen MR) is 81.9 cm³/mol. The van der Waals surface area contributed by atoms with Gasteiger partial charge in [0.05, 0.1) is 29.8 Å². The minimum Gasteiger partial charge on any atom is -0.375 e. The van der Waals surface area contributed by atoms with Gasteiger partial charge in [-0.1, -0.05) is 13.8 Å². The Morgan fingerprint density at radius 1 is 1.52 bits per heavy atom. The van der Waals surface area contributed by atoms with Crippen LogP contribution in [-0.4, -0.2) is 42.3 Å². The van der Waals surface area contributed by atoms with E-state index in [1.54, 1.807) is 0 Å². The summed E-state index contributed by atoms with van der Waals surface area (Å²) in [6, 6.07) is 3.02. The SMILES string of the molecule is CCCNc1cc([N+](=O)[O-])cc(N2CCOC(CC)C2)n1. The highest BCUT2D eigenvalue weighted by molar-refractivity contribution is 5.56. The molecule has 1 saturated heterocycles. The first kappa shape index (κ1) is 15.5. The van der Waals surface area contributed by atoms with Crippen molar-refractivity contribution >= 4 is 17.3 Å². The standard InChI is InChI=1S/C14H22N4O3/c1-3-5-15-13-8-11(18(19)20)9-14(16-13)17-6-7-21-12(4-2)10-17/h8-9,12H,3-7,10H2,1-2H3,(H,15,16). The molecule has 1 fully saturated rings. The third-order valence-corrected chi connectivity index (χ3v) is 3.48. The van der Waals surface area contributed by atoms with E-state index in [0.29, 0.717) is 24.8 Å². The first-order chi connectivity index (χ1) is 10.1. The van der Waals surface area contributed by atoms with E-state index >= 15 is 0 Å². The zero-order valence-corrected chi connectivity index (χ0v) is 12.5. The maximum absolute atomic E-state index is 11.1. The number of hydrogen-bond donors (Lipinski definition) is 1. The van der Waals surface area contributed by atoms with Crippen molar-refractivity contribution in [3.05, 3.63) is 22.2 Å². The average molecular weight is 294 g/mol. The van der Waals surface area contributed by atoms with Gasteiger partial charge in [0, 0.05) is 19.6 Å². The lowest BCUT2D eigenvalue weighted by Gasteiger charge is -2.33. The van der Waals surface area contributed by atoms with Crippen LogP contribution in [0.1, 0.15) is 26.7 Å². The molecule has 21 heavy (non-hydrogen) atoms. The second-order valence-corrected chi connectivity index (χ2v) is 5.10. The van der Waals surface area contributed by atoms with Gasteiger partial charge in [-0.2, -0.15) is 0 Å². The van der Waals surface area contributed by atoms with Gasteiger partial charge in [-0.15, -0.1) is 0 Å². The van der Waals surface area contributed by atoms with Crippen LogP contribution >= 0.6 is 0 Å². The Balaban J connectivity index is 2.24. The van der Waals surface area contributed by atoms with Crippen LogP contribution in [0.2, 0.25) is 0 Å². The molecule has 116 valence electrons. The highest BCUT2D eigenvalue weighted by Gasteiger charge is 2.22. The van der Waals surface area contributed by atoms with Gasteiger partial charge in [-0.25, -0.2) is 4.98 Å². The lowest BCUT2D eigenvalue weighted by Crippen LogP contribution is -2.42. The summed E-state index contributed by atoms with van der Waals surface area (Å²) in [7, 11) is 0. The molecule has 0 aromatic carbocycles. The molecule has 1 unspecified atom stereocenters. The fourth-order valence-electron chi connectivity index (χ4n) is 2.29. The van der Waals surface area contributed by atoms with Crippen molar-refractivity contribution in [1.29, 1.82) is 0 Å². The minimum atomic E-state index is -0.375. The summed E-state index contributed by atoms with van der Waals surface area (Å²) in [5.74, 6) is 1.20. The van der Waals surface area contributed by atoms with Crippen LogP contribution in [0.25, 0.3) is 0 Å². The van der Waals surface area contributed by atoms with Crippen molar-refractivity contribution < 1.29 is 9.66 Å². The molecule has 1 N–H and O–H groups in total. The van der Waals surface area contributed by atoms with Crippen LogP contribution in [0.4, 0.5) is 17.3 Å². The number of morpholine rings is 1. The minimum absolute atomic E-state index is 0.0677. The highest BCUT2D eigenvalue weighted by atomic mass is 16.6. The molecule has 0 aliphatic carbocycles. The van der Waals surface area contributed by atoms with E-state index in [1.165, 1.54) is 12.1 Å². The molecule has 0 radical (unpaired) electrons. The summed E-state index contributed by atoms with van der Waals surface area (Å²) < 4.78 is 5.63. The van der Waals surface area contributed by atoms with Crippen LogP contribution in [0.3, 0.4) is 0 Å². The topological polar surface area (TPSA) is 80.5 Å². The fourth-order valence-corrected chi connectivity index (χ4v) is 2.29. The molecule has 1 aliphatic rings. The number of anilines is 2. The first-order valence-corrected chi connectivity index (χ1v) is 7.41. The Bertz CT molecular complexity index is 495. The van der Waals surface area contributed by atoms with Gasteiger partial charge in [0.1, 0.15) is 11.6 Å². The smallest absolute Gasteiger partial charge is 0.276 e. The quantitative estimate of drug-likeness (QED) is 0.641. The maximum Gasteiger partial charge on any atom is 0.276 e. The molecule has 0 saturated carbocycles. The van der Waals surface area contributed by atoms with Gasteiger partial charge in [0.2, 0.25) is 0 Å². The second kappa shape index (κ2) is 7.21. The summed E-state index contributed by atoms with van der Waals surface area (Å²) in [4.78, 5) is 17.3. The van der Waals surface area contributed by atoms with E-state index < -0.39 is 0 Å². The molecule has 0 amide bonds. The Hall–Kier alpha value is -1.89. The number of nitrogens with one attached hydrogen (secondary N) is 1. The number of hydrogen-bond acceptors (Lipinski definition) is 6. The van der Waals surface area contributed by atoms with Crippen LogP contribution in [0, 0.1) is 10.1 Å². The van der Waals surface area contributed by atoms with E-state index in [2.05, 4.69) is 22.1 Å². The average Bonchev–Trinajstić information content (AvgIpc) is 2.52. The third kappa shape index (κ3) is 4.04. The van der Waals surface area contributed by atoms with E-state index in [9.17, 15) is 10.1 Å². The van der Waals surface area contributed by atoms with Crippen molar-refractivity contribution in [3.8, 4) is 0 Å². The summed E-state index contributed by atoms with van der Waals surface area (Å²) in [5, 5.41) is 14.2. The Morgan fingerprint density at radius 3 is 3.00 bits per heavy atom. The van der Waals surface area contributed by atoms with Gasteiger partial charge in [-0.3, -0.25) is 10.1 Å². The molecule has 0 spiro atoms. The monoisotopic (exact) mass is 294 g/mol. The molecule has 0 bridgehead atoms. The number of nitro groups is 1. The number of ether oxygens (including phenoxy) is 1. The van der Waals surface area contributed by atoms with E-state index in [1.807, 2.05) is 6.92 Å². The van der Waals surface area contributed by atoms with Gasteiger partial charge >= 0.3 is 0 Å². The number of pyridine rings is 1. The molecule has 7 heteroatoms. The molecule has 1 atom stereocenters. The van der Waals surface area contributed by atoms with Crippen LogP contribution in [0.5, 0.6) is 0 Å². The van der Waals surface area contributed by atoms with Gasteiger partial charge in [0.25, 0.3) is 5.69 Å². The third-order valence-electron chi connectivity index (χ3n) is 3.48. The summed E-state index contributed by atoms with van der Waals surface area (Å²) in [6.45, 7) is 6.91. The van der Waals surface area contributed by atoms with E-state index in [0.717, 1.165) is 25.9 Å². The van der Waals surface area contributed by atoms with Crippen molar-refractivity contribution in [2.45, 2.75) is 32.8 Å². The van der Waals surface area contributed by atoms with Gasteiger partial charge in [-0.05, 0) is 12.8 Å². The van der Waals surface area contributed by atoms with E-state index in [-0.39, 0.29) is 16.7 Å². The molecule has 1 aromatic rings. The highest BCUT2D eigenvalue weighted by Crippen LogP contribution is 2.25. The molecule has 1 aromatic heterocycles. The van der Waals surface area contributed by atoms with E-state index in [4.69, 9.17) is 4.74 Å². The van der Waals surface area contributed by atoms with Crippen molar-refractivity contribution in [1.82, 2.24) is 4.98 Å². The van der Waals surface area contributed by atoms with Gasteiger partial charge in [0.15, 0.2) is 0 Å². The van der Waals surface area contributed by atoms with Crippen LogP contribution in [-0.2, 0) is 4.74 Å². The maximum atomic E-state index is 11.1. The second-order valence-electron chi connectivity index (χ2n) is 5.10. The summed E-state index contributed by atoms with van der Waals surface area (Å²) in [6.07, 6.45) is 2.02. The summed E-state index contributed by atoms with van der Waals surface area (Å²) in [5.41, 5.74) is 0.0677. The number of aromatic nitrogens is 1. The molecular weight excluding hydrogens is 272 g/mol. The molecule has 2 heterocycles. The van der Waals surface area contributed by atoms with Crippen molar-refractivity contribution in [3.63, 3.8) is 0 Å². The number of rotatable bonds is 6. The van der Waals surface area contributed by atoms with Gasteiger partial charge < -0.3 is 15.0 Å². The summed E-state index contributed by atoms with van der Waals surface area (Å²) >= 11 is 0. The predicted octanol–water partition coefficient (Wildman–Crippen LogP) is 2.43. The lowest BCUT2D eigenvalue weighted by atomic mass is 10.2. The normalized spacial score (nSPS) is 18.6. The first-order valence-electron chi connectivity index (χ1n) is 7.41. The lowest BCUT2D eigenvalue weighted by molar-refractivity contribution is -0.384. The van der Waals surface area contributed by atoms with Crippen molar-refractivity contribution in [2.24, 2.45) is 0 Å². The van der Waals surface area contributed by atoms with Crippen molar-refractivity contribution in [2.75, 3.05) is 36.5 Å². The zero-order chi connectivity index (χ0) is 15.2. The Morgan fingerprint density at radius 2 is 2.33 bits per heavy atom. The molecule has 1 aliphatic heterocycles. The zero-order valence-electron chi connectivity index (χ0n) is 12.5.